The van der Waals surface area contributed by atoms with Crippen molar-refractivity contribution in [1.29, 1.82) is 0 Å². The molecule has 1 aliphatic heterocycles. The molecule has 1 fully saturated rings. The first-order valence-corrected chi connectivity index (χ1v) is 9.05. The molecule has 1 N–H and O–H groups in total. The summed E-state index contributed by atoms with van der Waals surface area (Å²) in [5.74, 6) is 0.267. The Hall–Kier alpha value is -1.09. The van der Waals surface area contributed by atoms with E-state index >= 15 is 0 Å². The highest BCUT2D eigenvalue weighted by molar-refractivity contribution is 7.89. The van der Waals surface area contributed by atoms with Crippen LogP contribution in [-0.2, 0) is 16.4 Å². The monoisotopic (exact) mass is 328 g/mol. The summed E-state index contributed by atoms with van der Waals surface area (Å²) in [6.07, 6.45) is 5.88. The second kappa shape index (κ2) is 7.45. The van der Waals surface area contributed by atoms with Gasteiger partial charge >= 0.3 is 0 Å². The Morgan fingerprint density at radius 1 is 1.36 bits per heavy atom. The largest absolute Gasteiger partial charge is 0.391 e. The van der Waals surface area contributed by atoms with E-state index in [0.29, 0.717) is 25.9 Å². The second-order valence-electron chi connectivity index (χ2n) is 5.94. The van der Waals surface area contributed by atoms with Crippen LogP contribution in [0, 0.1) is 5.92 Å². The maximum Gasteiger partial charge on any atom is 0.213 e. The Morgan fingerprint density at radius 2 is 2.14 bits per heavy atom. The number of aromatic nitrogens is 2. The third-order valence-electron chi connectivity index (χ3n) is 4.00. The van der Waals surface area contributed by atoms with Gasteiger partial charge in [0.1, 0.15) is 0 Å². The Balaban J connectivity index is 1.79. The molecule has 124 valence electrons. The minimum absolute atomic E-state index is 0.127. The molecule has 2 rings (SSSR count). The van der Waals surface area contributed by atoms with Crippen LogP contribution >= 0.6 is 0 Å². The van der Waals surface area contributed by atoms with E-state index in [1.54, 1.807) is 32.7 Å². The molecule has 0 aromatic carbocycles. The number of rotatable bonds is 7. The van der Waals surface area contributed by atoms with E-state index in [0.717, 1.165) is 12.2 Å². The Labute approximate surface area is 132 Å². The van der Waals surface area contributed by atoms with Gasteiger partial charge in [0.25, 0.3) is 0 Å². The maximum absolute atomic E-state index is 11.7. The molecule has 0 radical (unpaired) electrons. The highest BCUT2D eigenvalue weighted by atomic mass is 32.2. The molecular weight excluding hydrogens is 304 g/mol. The molecule has 0 saturated carbocycles. The fourth-order valence-corrected chi connectivity index (χ4v) is 3.54. The number of aliphatic hydroxyl groups is 1. The Morgan fingerprint density at radius 3 is 2.77 bits per heavy atom. The van der Waals surface area contributed by atoms with Gasteiger partial charge in [-0.25, -0.2) is 12.7 Å². The van der Waals surface area contributed by atoms with Gasteiger partial charge in [0.05, 0.1) is 17.6 Å². The standard InChI is InChI=1S/C14H24N4O3S/c1-17(2)22(20,21)7-3-6-18-10-12(14(19)11-18)8-13-9-15-4-5-16-13/h4-5,9,12,14,19H,3,6-8,10-11H2,1-2H3/t12-,14-/m1/s1. The summed E-state index contributed by atoms with van der Waals surface area (Å²) in [6, 6.07) is 0. The number of β-amino-alcohol motifs (C(OH)–C–C–N with tert-alkyl or cyclic N) is 1. The van der Waals surface area contributed by atoms with Crippen LogP contribution in [0.15, 0.2) is 18.6 Å². The molecule has 7 nitrogen and oxygen atoms in total. The van der Waals surface area contributed by atoms with Gasteiger partial charge in [0.15, 0.2) is 0 Å². The lowest BCUT2D eigenvalue weighted by Gasteiger charge is -2.16. The third-order valence-corrected chi connectivity index (χ3v) is 5.92. The average Bonchev–Trinajstić information content (AvgIpc) is 2.80. The van der Waals surface area contributed by atoms with E-state index in [4.69, 9.17) is 0 Å². The number of hydrogen-bond acceptors (Lipinski definition) is 6. The van der Waals surface area contributed by atoms with Gasteiger partial charge in [0, 0.05) is 51.7 Å². The molecule has 0 aliphatic carbocycles. The van der Waals surface area contributed by atoms with Crippen LogP contribution in [0.25, 0.3) is 0 Å². The molecule has 0 spiro atoms. The van der Waals surface area contributed by atoms with E-state index in [-0.39, 0.29) is 11.7 Å². The Kier molecular flexibility index (Phi) is 5.85. The smallest absolute Gasteiger partial charge is 0.213 e. The first-order valence-electron chi connectivity index (χ1n) is 7.44. The predicted molar refractivity (Wildman–Crippen MR) is 83.8 cm³/mol. The van der Waals surface area contributed by atoms with Crippen molar-refractivity contribution in [3.05, 3.63) is 24.3 Å². The molecule has 1 saturated heterocycles. The lowest BCUT2D eigenvalue weighted by Crippen LogP contribution is -2.29. The quantitative estimate of drug-likeness (QED) is 0.732. The lowest BCUT2D eigenvalue weighted by atomic mass is 10.0. The SMILES string of the molecule is CN(C)S(=O)(=O)CCCN1C[C@@H](Cc2cnccn2)[C@H](O)C1. The van der Waals surface area contributed by atoms with Crippen LogP contribution in [0.3, 0.4) is 0 Å². The summed E-state index contributed by atoms with van der Waals surface area (Å²) in [4.78, 5) is 10.4. The molecular formula is C14H24N4O3S. The molecule has 8 heteroatoms. The zero-order chi connectivity index (χ0) is 16.2. The van der Waals surface area contributed by atoms with Crippen molar-refractivity contribution < 1.29 is 13.5 Å². The van der Waals surface area contributed by atoms with Crippen LogP contribution in [-0.4, -0.2) is 78.3 Å². The number of sulfonamides is 1. The topological polar surface area (TPSA) is 86.6 Å². The minimum Gasteiger partial charge on any atom is -0.391 e. The zero-order valence-electron chi connectivity index (χ0n) is 13.1. The maximum atomic E-state index is 11.7. The summed E-state index contributed by atoms with van der Waals surface area (Å²) in [5.41, 5.74) is 0.878. The molecule has 22 heavy (non-hydrogen) atoms. The number of nitrogens with zero attached hydrogens (tertiary/aromatic N) is 4. The first kappa shape index (κ1) is 17.3. The van der Waals surface area contributed by atoms with Crippen LogP contribution in [0.1, 0.15) is 12.1 Å². The fourth-order valence-electron chi connectivity index (χ4n) is 2.68. The first-order chi connectivity index (χ1) is 10.4. The molecule has 2 heterocycles. The second-order valence-corrected chi connectivity index (χ2v) is 8.24. The summed E-state index contributed by atoms with van der Waals surface area (Å²) in [7, 11) is -0.0446. The van der Waals surface area contributed by atoms with Crippen LogP contribution in [0.5, 0.6) is 0 Å². The van der Waals surface area contributed by atoms with Gasteiger partial charge in [-0.1, -0.05) is 0 Å². The number of likely N-dealkylation sites (tertiary alicyclic amines) is 1. The van der Waals surface area contributed by atoms with Crippen LogP contribution in [0.4, 0.5) is 0 Å². The van der Waals surface area contributed by atoms with Gasteiger partial charge in [-0.15, -0.1) is 0 Å². The van der Waals surface area contributed by atoms with Crippen molar-refractivity contribution in [2.75, 3.05) is 39.5 Å². The predicted octanol–water partition coefficient (Wildman–Crippen LogP) is -0.407. The minimum atomic E-state index is -3.14. The van der Waals surface area contributed by atoms with Crippen LogP contribution < -0.4 is 0 Å². The van der Waals surface area contributed by atoms with Gasteiger partial charge < -0.3 is 10.0 Å². The highest BCUT2D eigenvalue weighted by Gasteiger charge is 2.31. The summed E-state index contributed by atoms with van der Waals surface area (Å²) >= 11 is 0. The number of aliphatic hydroxyl groups excluding tert-OH is 1. The van der Waals surface area contributed by atoms with Crippen LogP contribution in [0.2, 0.25) is 0 Å². The molecule has 1 aliphatic rings. The van der Waals surface area contributed by atoms with E-state index in [9.17, 15) is 13.5 Å². The van der Waals surface area contributed by atoms with Crippen molar-refractivity contribution in [1.82, 2.24) is 19.2 Å². The lowest BCUT2D eigenvalue weighted by molar-refractivity contribution is 0.141. The fraction of sp³-hybridized carbons (Fsp3) is 0.714. The van der Waals surface area contributed by atoms with E-state index in [1.165, 1.54) is 4.31 Å². The van der Waals surface area contributed by atoms with Gasteiger partial charge in [-0.05, 0) is 19.4 Å². The van der Waals surface area contributed by atoms with E-state index < -0.39 is 16.1 Å². The summed E-state index contributed by atoms with van der Waals surface area (Å²) < 4.78 is 24.7. The summed E-state index contributed by atoms with van der Waals surface area (Å²) in [6.45, 7) is 2.04. The van der Waals surface area contributed by atoms with E-state index in [1.807, 2.05) is 0 Å². The Bertz CT molecular complexity index is 565. The molecule has 1 aromatic heterocycles. The molecule has 0 unspecified atom stereocenters. The van der Waals surface area contributed by atoms with Crippen molar-refractivity contribution >= 4 is 10.0 Å². The van der Waals surface area contributed by atoms with Crippen molar-refractivity contribution in [3.63, 3.8) is 0 Å². The highest BCUT2D eigenvalue weighted by Crippen LogP contribution is 2.20. The summed E-state index contributed by atoms with van der Waals surface area (Å²) in [5, 5.41) is 10.2. The van der Waals surface area contributed by atoms with Gasteiger partial charge in [-0.3, -0.25) is 9.97 Å². The van der Waals surface area contributed by atoms with Gasteiger partial charge in [-0.2, -0.15) is 0 Å². The third kappa shape index (κ3) is 4.70. The van der Waals surface area contributed by atoms with Crippen molar-refractivity contribution in [3.8, 4) is 0 Å². The molecule has 2 atom stereocenters. The van der Waals surface area contributed by atoms with Crippen molar-refractivity contribution in [2.24, 2.45) is 5.92 Å². The zero-order valence-corrected chi connectivity index (χ0v) is 13.9. The average molecular weight is 328 g/mol. The normalized spacial score (nSPS) is 23.3. The van der Waals surface area contributed by atoms with Crippen molar-refractivity contribution in [2.45, 2.75) is 18.9 Å². The molecule has 1 aromatic rings. The van der Waals surface area contributed by atoms with Gasteiger partial charge in [0.2, 0.25) is 10.0 Å². The molecule has 0 bridgehead atoms. The molecule has 0 amide bonds. The van der Waals surface area contributed by atoms with E-state index in [2.05, 4.69) is 14.9 Å². The number of hydrogen-bond donors (Lipinski definition) is 1.